The molecular weight excluding hydrogens is 204 g/mol. The Kier molecular flexibility index (Phi) is 3.74. The number of ether oxygens (including phenoxy) is 1. The van der Waals surface area contributed by atoms with Gasteiger partial charge in [-0.15, -0.1) is 0 Å². The van der Waals surface area contributed by atoms with E-state index in [0.29, 0.717) is 0 Å². The second-order valence-corrected chi connectivity index (χ2v) is 3.03. The van der Waals surface area contributed by atoms with Crippen LogP contribution in [-0.4, -0.2) is 19.6 Å². The minimum absolute atomic E-state index is 0.243. The van der Waals surface area contributed by atoms with E-state index in [2.05, 4.69) is 10.1 Å². The molecule has 15 heavy (non-hydrogen) atoms. The zero-order chi connectivity index (χ0) is 11.4. The summed E-state index contributed by atoms with van der Waals surface area (Å²) in [4.78, 5) is 11.1. The second kappa shape index (κ2) is 4.84. The van der Waals surface area contributed by atoms with Gasteiger partial charge < -0.3 is 10.1 Å². The highest BCUT2D eigenvalue weighted by Gasteiger charge is 2.13. The van der Waals surface area contributed by atoms with Crippen molar-refractivity contribution in [3.05, 3.63) is 29.3 Å². The molecule has 0 aromatic heterocycles. The van der Waals surface area contributed by atoms with Crippen LogP contribution in [0.5, 0.6) is 0 Å². The molecule has 1 N–H and O–H groups in total. The summed E-state index contributed by atoms with van der Waals surface area (Å²) in [7, 11) is 1.32. The maximum absolute atomic E-state index is 13.4. The number of aryl methyl sites for hydroxylation is 1. The van der Waals surface area contributed by atoms with Crippen LogP contribution in [-0.2, 0) is 9.53 Å². The molecule has 82 valence electrons. The first-order valence-corrected chi connectivity index (χ1v) is 4.29. The van der Waals surface area contributed by atoms with Crippen LogP contribution in [0.15, 0.2) is 12.1 Å². The van der Waals surface area contributed by atoms with E-state index in [1.807, 2.05) is 0 Å². The van der Waals surface area contributed by atoms with Crippen LogP contribution in [0, 0.1) is 18.6 Å². The van der Waals surface area contributed by atoms with Crippen LogP contribution in [0.25, 0.3) is 0 Å². The van der Waals surface area contributed by atoms with Crippen LogP contribution in [0.1, 0.15) is 5.56 Å². The Morgan fingerprint density at radius 1 is 1.47 bits per heavy atom. The lowest BCUT2D eigenvalue weighted by atomic mass is 10.2. The first kappa shape index (κ1) is 11.6. The lowest BCUT2D eigenvalue weighted by molar-refractivity contribution is -0.119. The second-order valence-electron chi connectivity index (χ2n) is 3.03. The van der Waals surface area contributed by atoms with Crippen molar-refractivity contribution in [2.45, 2.75) is 6.92 Å². The fourth-order valence-corrected chi connectivity index (χ4v) is 1.08. The fraction of sp³-hybridized carbons (Fsp3) is 0.300. The largest absolute Gasteiger partial charge is 0.375 e. The van der Waals surface area contributed by atoms with E-state index >= 15 is 0 Å². The van der Waals surface area contributed by atoms with Gasteiger partial charge in [0.15, 0.2) is 5.82 Å². The number of anilines is 1. The molecule has 0 aliphatic rings. The van der Waals surface area contributed by atoms with Crippen molar-refractivity contribution in [2.24, 2.45) is 0 Å². The Labute approximate surface area is 86.0 Å². The number of halogens is 2. The van der Waals surface area contributed by atoms with E-state index in [4.69, 9.17) is 0 Å². The van der Waals surface area contributed by atoms with Gasteiger partial charge in [-0.2, -0.15) is 0 Å². The molecule has 1 aromatic carbocycles. The number of methoxy groups -OCH3 is 1. The van der Waals surface area contributed by atoms with E-state index in [0.717, 1.165) is 6.07 Å². The first-order chi connectivity index (χ1) is 7.06. The molecule has 3 nitrogen and oxygen atoms in total. The van der Waals surface area contributed by atoms with E-state index in [-0.39, 0.29) is 12.2 Å². The Hall–Kier alpha value is -1.49. The Morgan fingerprint density at radius 3 is 2.73 bits per heavy atom. The summed E-state index contributed by atoms with van der Waals surface area (Å²) in [6, 6.07) is 2.40. The lowest BCUT2D eigenvalue weighted by Crippen LogP contribution is -2.19. The van der Waals surface area contributed by atoms with Crippen molar-refractivity contribution in [1.29, 1.82) is 0 Å². The molecule has 0 aliphatic heterocycles. The lowest BCUT2D eigenvalue weighted by Gasteiger charge is -2.08. The van der Waals surface area contributed by atoms with Gasteiger partial charge in [0.2, 0.25) is 0 Å². The highest BCUT2D eigenvalue weighted by atomic mass is 19.1. The normalized spacial score (nSPS) is 10.1. The molecule has 0 fully saturated rings. The van der Waals surface area contributed by atoms with E-state index < -0.39 is 23.2 Å². The molecule has 0 atom stereocenters. The number of benzene rings is 1. The molecule has 0 bridgehead atoms. The number of hydrogen-bond acceptors (Lipinski definition) is 2. The van der Waals surface area contributed by atoms with Crippen molar-refractivity contribution in [1.82, 2.24) is 0 Å². The minimum atomic E-state index is -0.803. The predicted molar refractivity (Wildman–Crippen MR) is 51.6 cm³/mol. The third kappa shape index (κ3) is 2.73. The van der Waals surface area contributed by atoms with Gasteiger partial charge in [-0.1, -0.05) is 6.07 Å². The summed E-state index contributed by atoms with van der Waals surface area (Å²) < 4.78 is 31.0. The van der Waals surface area contributed by atoms with Crippen molar-refractivity contribution in [3.8, 4) is 0 Å². The molecule has 0 heterocycles. The minimum Gasteiger partial charge on any atom is -0.375 e. The summed E-state index contributed by atoms with van der Waals surface area (Å²) >= 11 is 0. The maximum atomic E-state index is 13.4. The van der Waals surface area contributed by atoms with Gasteiger partial charge in [-0.25, -0.2) is 8.78 Å². The standard InChI is InChI=1S/C10H11F2NO2/c1-6-3-4-7(11)10(9(6)12)13-8(14)5-15-2/h3-4H,5H2,1-2H3,(H,13,14). The molecule has 0 radical (unpaired) electrons. The maximum Gasteiger partial charge on any atom is 0.250 e. The van der Waals surface area contributed by atoms with Gasteiger partial charge in [0.1, 0.15) is 18.1 Å². The summed E-state index contributed by atoms with van der Waals surface area (Å²) in [5, 5.41) is 2.11. The number of carbonyl (C=O) groups is 1. The fourth-order valence-electron chi connectivity index (χ4n) is 1.08. The molecule has 0 unspecified atom stereocenters. The predicted octanol–water partition coefficient (Wildman–Crippen LogP) is 1.86. The van der Waals surface area contributed by atoms with Crippen LogP contribution in [0.2, 0.25) is 0 Å². The van der Waals surface area contributed by atoms with Crippen LogP contribution >= 0.6 is 0 Å². The van der Waals surface area contributed by atoms with E-state index in [1.54, 1.807) is 0 Å². The topological polar surface area (TPSA) is 38.3 Å². The number of amides is 1. The first-order valence-electron chi connectivity index (χ1n) is 4.29. The Morgan fingerprint density at radius 2 is 2.13 bits per heavy atom. The summed E-state index contributed by atoms with van der Waals surface area (Å²) in [5.41, 5.74) is -0.166. The number of carbonyl (C=O) groups excluding carboxylic acids is 1. The van der Waals surface area contributed by atoms with Gasteiger partial charge in [0.25, 0.3) is 5.91 Å². The van der Waals surface area contributed by atoms with Crippen LogP contribution in [0.4, 0.5) is 14.5 Å². The average molecular weight is 215 g/mol. The molecule has 1 rings (SSSR count). The summed E-state index contributed by atoms with van der Waals surface area (Å²) in [5.74, 6) is -2.16. The molecule has 0 spiro atoms. The van der Waals surface area contributed by atoms with E-state index in [9.17, 15) is 13.6 Å². The molecule has 1 aromatic rings. The number of hydrogen-bond donors (Lipinski definition) is 1. The smallest absolute Gasteiger partial charge is 0.250 e. The van der Waals surface area contributed by atoms with Gasteiger partial charge in [0, 0.05) is 7.11 Å². The van der Waals surface area contributed by atoms with Gasteiger partial charge in [-0.3, -0.25) is 4.79 Å². The van der Waals surface area contributed by atoms with Crippen LogP contribution in [0.3, 0.4) is 0 Å². The molecule has 0 saturated heterocycles. The molecule has 0 aliphatic carbocycles. The zero-order valence-corrected chi connectivity index (χ0v) is 8.43. The zero-order valence-electron chi connectivity index (χ0n) is 8.43. The van der Waals surface area contributed by atoms with Gasteiger partial charge in [-0.05, 0) is 18.6 Å². The summed E-state index contributed by atoms with van der Waals surface area (Å²) in [6.07, 6.45) is 0. The quantitative estimate of drug-likeness (QED) is 0.835. The highest BCUT2D eigenvalue weighted by Crippen LogP contribution is 2.21. The highest BCUT2D eigenvalue weighted by molar-refractivity contribution is 5.92. The van der Waals surface area contributed by atoms with Crippen molar-refractivity contribution in [3.63, 3.8) is 0 Å². The molecule has 1 amide bonds. The number of rotatable bonds is 3. The van der Waals surface area contributed by atoms with Crippen molar-refractivity contribution >= 4 is 11.6 Å². The van der Waals surface area contributed by atoms with Gasteiger partial charge >= 0.3 is 0 Å². The molecule has 0 saturated carbocycles. The van der Waals surface area contributed by atoms with Crippen LogP contribution < -0.4 is 5.32 Å². The molecular formula is C10H11F2NO2. The summed E-state index contributed by atoms with van der Waals surface area (Å²) in [6.45, 7) is 1.24. The third-order valence-electron chi connectivity index (χ3n) is 1.82. The molecule has 5 heteroatoms. The number of nitrogens with one attached hydrogen (secondary N) is 1. The SMILES string of the molecule is COCC(=O)Nc1c(F)ccc(C)c1F. The average Bonchev–Trinajstić information content (AvgIpc) is 2.19. The van der Waals surface area contributed by atoms with E-state index in [1.165, 1.54) is 20.1 Å². The Bertz CT molecular complexity index is 380. The van der Waals surface area contributed by atoms with Gasteiger partial charge in [0.05, 0.1) is 0 Å². The Balaban J connectivity index is 2.93. The van der Waals surface area contributed by atoms with Crippen molar-refractivity contribution < 1.29 is 18.3 Å². The van der Waals surface area contributed by atoms with Crippen molar-refractivity contribution in [2.75, 3.05) is 19.0 Å². The monoisotopic (exact) mass is 215 g/mol. The third-order valence-corrected chi connectivity index (χ3v) is 1.82.